The van der Waals surface area contributed by atoms with Crippen molar-refractivity contribution in [2.45, 2.75) is 32.7 Å². The Hall–Kier alpha value is -2.55. The van der Waals surface area contributed by atoms with Gasteiger partial charge in [-0.2, -0.15) is 0 Å². The van der Waals surface area contributed by atoms with E-state index in [-0.39, 0.29) is 5.92 Å². The summed E-state index contributed by atoms with van der Waals surface area (Å²) in [5, 5.41) is 10.7. The van der Waals surface area contributed by atoms with Crippen molar-refractivity contribution in [1.82, 2.24) is 4.57 Å². The van der Waals surface area contributed by atoms with Gasteiger partial charge in [-0.1, -0.05) is 42.0 Å². The van der Waals surface area contributed by atoms with Gasteiger partial charge < -0.3 is 9.67 Å². The van der Waals surface area contributed by atoms with Crippen molar-refractivity contribution < 1.29 is 9.90 Å². The minimum absolute atomic E-state index is 0.256. The summed E-state index contributed by atoms with van der Waals surface area (Å²) in [6.45, 7) is 2.94. The van der Waals surface area contributed by atoms with E-state index < -0.39 is 5.97 Å². The summed E-state index contributed by atoms with van der Waals surface area (Å²) in [5.74, 6) is -0.925. The summed E-state index contributed by atoms with van der Waals surface area (Å²) in [4.78, 5) is 11.5. The van der Waals surface area contributed by atoms with Crippen LogP contribution >= 0.6 is 0 Å². The lowest BCUT2D eigenvalue weighted by Crippen LogP contribution is -2.23. The van der Waals surface area contributed by atoms with E-state index >= 15 is 0 Å². The van der Waals surface area contributed by atoms with Gasteiger partial charge in [0.05, 0.1) is 5.92 Å². The summed E-state index contributed by atoms with van der Waals surface area (Å²) in [6.07, 6.45) is 2.21. The number of carboxylic acid groups (broad SMARTS) is 1. The van der Waals surface area contributed by atoms with Crippen LogP contribution in [0.2, 0.25) is 0 Å². The number of carboxylic acids is 1. The summed E-state index contributed by atoms with van der Waals surface area (Å²) in [6, 6.07) is 17.0. The molecule has 1 atom stereocenters. The van der Waals surface area contributed by atoms with Crippen LogP contribution in [0.1, 0.15) is 28.8 Å². The maximum absolute atomic E-state index is 11.5. The molecule has 2 aromatic carbocycles. The molecule has 1 aliphatic rings. The molecule has 0 amide bonds. The first-order valence-electron chi connectivity index (χ1n) is 8.51. The van der Waals surface area contributed by atoms with Gasteiger partial charge >= 0.3 is 5.97 Å². The molecule has 1 unspecified atom stereocenters. The van der Waals surface area contributed by atoms with E-state index in [0.717, 1.165) is 19.4 Å². The van der Waals surface area contributed by atoms with Crippen molar-refractivity contribution in [3.63, 3.8) is 0 Å². The van der Waals surface area contributed by atoms with Crippen molar-refractivity contribution in [3.05, 3.63) is 70.9 Å². The van der Waals surface area contributed by atoms with Crippen LogP contribution in [0.5, 0.6) is 0 Å². The predicted molar refractivity (Wildman–Crippen MR) is 95.4 cm³/mol. The van der Waals surface area contributed by atoms with E-state index in [4.69, 9.17) is 0 Å². The van der Waals surface area contributed by atoms with E-state index in [0.29, 0.717) is 6.42 Å². The fourth-order valence-corrected chi connectivity index (χ4v) is 3.92. The van der Waals surface area contributed by atoms with Crippen molar-refractivity contribution in [1.29, 1.82) is 0 Å². The van der Waals surface area contributed by atoms with Gasteiger partial charge in [-0.05, 0) is 49.4 Å². The fourth-order valence-electron chi connectivity index (χ4n) is 3.92. The number of aromatic nitrogens is 1. The average Bonchev–Trinajstić information content (AvgIpc) is 2.88. The molecule has 0 bridgehead atoms. The molecule has 0 saturated carbocycles. The molecule has 3 heteroatoms. The predicted octanol–water partition coefficient (Wildman–Crippen LogP) is 4.19. The Morgan fingerprint density at radius 3 is 2.75 bits per heavy atom. The zero-order valence-electron chi connectivity index (χ0n) is 13.8. The highest BCUT2D eigenvalue weighted by atomic mass is 16.4. The van der Waals surface area contributed by atoms with Gasteiger partial charge in [-0.15, -0.1) is 0 Å². The molecule has 1 heterocycles. The van der Waals surface area contributed by atoms with Crippen LogP contribution in [-0.2, 0) is 24.2 Å². The molecule has 3 nitrogen and oxygen atoms in total. The molecular weight excluding hydrogens is 298 g/mol. The Labute approximate surface area is 141 Å². The number of carbonyl (C=O) groups is 1. The molecule has 0 saturated heterocycles. The zero-order valence-corrected chi connectivity index (χ0v) is 13.8. The lowest BCUT2D eigenvalue weighted by Gasteiger charge is -2.21. The van der Waals surface area contributed by atoms with E-state index in [1.54, 1.807) is 0 Å². The van der Waals surface area contributed by atoms with Crippen LogP contribution in [-0.4, -0.2) is 15.6 Å². The van der Waals surface area contributed by atoms with Gasteiger partial charge in [0.1, 0.15) is 0 Å². The maximum Gasteiger partial charge on any atom is 0.306 e. The Morgan fingerprint density at radius 1 is 1.21 bits per heavy atom. The number of nitrogens with zero attached hydrogens (tertiary/aromatic N) is 1. The number of aliphatic carboxylic acids is 1. The van der Waals surface area contributed by atoms with Gasteiger partial charge in [0.25, 0.3) is 0 Å². The molecule has 3 aromatic rings. The van der Waals surface area contributed by atoms with Crippen molar-refractivity contribution in [2.75, 3.05) is 0 Å². The Balaban J connectivity index is 1.86. The Kier molecular flexibility index (Phi) is 3.64. The summed E-state index contributed by atoms with van der Waals surface area (Å²) >= 11 is 0. The minimum atomic E-state index is -0.669. The Morgan fingerprint density at radius 2 is 2.00 bits per heavy atom. The topological polar surface area (TPSA) is 42.2 Å². The van der Waals surface area contributed by atoms with Crippen molar-refractivity contribution >= 4 is 16.9 Å². The number of aryl methyl sites for hydroxylation is 1. The third kappa shape index (κ3) is 2.50. The van der Waals surface area contributed by atoms with Crippen LogP contribution in [0.25, 0.3) is 10.9 Å². The summed E-state index contributed by atoms with van der Waals surface area (Å²) in [7, 11) is 0. The summed E-state index contributed by atoms with van der Waals surface area (Å²) in [5.41, 5.74) is 6.28. The van der Waals surface area contributed by atoms with E-state index in [9.17, 15) is 9.90 Å². The third-order valence-corrected chi connectivity index (χ3v) is 5.16. The SMILES string of the molecule is Cc1ccc2c(c1)c1c(n2Cc2ccccc2)CCC(C(=O)O)C1. The minimum Gasteiger partial charge on any atom is -0.481 e. The molecule has 24 heavy (non-hydrogen) atoms. The first-order chi connectivity index (χ1) is 11.6. The molecule has 0 aliphatic heterocycles. The number of hydrogen-bond donors (Lipinski definition) is 1. The van der Waals surface area contributed by atoms with E-state index in [2.05, 4.69) is 54.0 Å². The lowest BCUT2D eigenvalue weighted by atomic mass is 9.86. The highest BCUT2D eigenvalue weighted by Gasteiger charge is 2.29. The first-order valence-corrected chi connectivity index (χ1v) is 8.51. The second kappa shape index (κ2) is 5.82. The van der Waals surface area contributed by atoms with Crippen LogP contribution in [0.4, 0.5) is 0 Å². The lowest BCUT2D eigenvalue weighted by molar-refractivity contribution is -0.142. The standard InChI is InChI=1S/C21H21NO2/c1-14-7-9-19-17(11-14)18-12-16(21(23)24)8-10-20(18)22(19)13-15-5-3-2-4-6-15/h2-7,9,11,16H,8,10,12-13H2,1H3,(H,23,24). The fraction of sp³-hybridized carbons (Fsp3) is 0.286. The smallest absolute Gasteiger partial charge is 0.306 e. The van der Waals surface area contributed by atoms with Crippen molar-refractivity contribution in [3.8, 4) is 0 Å². The number of rotatable bonds is 3. The Bertz CT molecular complexity index is 908. The largest absolute Gasteiger partial charge is 0.481 e. The molecular formula is C21H21NO2. The molecule has 0 spiro atoms. The molecule has 4 rings (SSSR count). The molecule has 1 aliphatic carbocycles. The van der Waals surface area contributed by atoms with Crippen LogP contribution in [0.15, 0.2) is 48.5 Å². The van der Waals surface area contributed by atoms with E-state index in [1.807, 2.05) is 6.07 Å². The number of benzene rings is 2. The van der Waals surface area contributed by atoms with Crippen molar-refractivity contribution in [2.24, 2.45) is 5.92 Å². The second-order valence-corrected chi connectivity index (χ2v) is 6.80. The quantitative estimate of drug-likeness (QED) is 0.786. The third-order valence-electron chi connectivity index (χ3n) is 5.16. The highest BCUT2D eigenvalue weighted by molar-refractivity contribution is 5.87. The molecule has 0 radical (unpaired) electrons. The van der Waals surface area contributed by atoms with Gasteiger partial charge in [-0.3, -0.25) is 4.79 Å². The molecule has 122 valence electrons. The van der Waals surface area contributed by atoms with Crippen LogP contribution in [0.3, 0.4) is 0 Å². The molecule has 0 fully saturated rings. The second-order valence-electron chi connectivity index (χ2n) is 6.80. The van der Waals surface area contributed by atoms with Crippen LogP contribution in [0, 0.1) is 12.8 Å². The van der Waals surface area contributed by atoms with E-state index in [1.165, 1.54) is 33.3 Å². The molecule has 1 aromatic heterocycles. The number of hydrogen-bond acceptors (Lipinski definition) is 1. The normalized spacial score (nSPS) is 17.0. The van der Waals surface area contributed by atoms with Gasteiger partial charge in [-0.25, -0.2) is 0 Å². The average molecular weight is 319 g/mol. The number of fused-ring (bicyclic) bond motifs is 3. The van der Waals surface area contributed by atoms with Gasteiger partial charge in [0.15, 0.2) is 0 Å². The highest BCUT2D eigenvalue weighted by Crippen LogP contribution is 2.35. The van der Waals surface area contributed by atoms with Gasteiger partial charge in [0, 0.05) is 23.1 Å². The molecule has 1 N–H and O–H groups in total. The maximum atomic E-state index is 11.5. The monoisotopic (exact) mass is 319 g/mol. The summed E-state index contributed by atoms with van der Waals surface area (Å²) < 4.78 is 2.39. The zero-order chi connectivity index (χ0) is 16.7. The van der Waals surface area contributed by atoms with Crippen LogP contribution < -0.4 is 0 Å². The first kappa shape index (κ1) is 15.0. The van der Waals surface area contributed by atoms with Gasteiger partial charge in [0.2, 0.25) is 0 Å².